The average molecular weight is 440 g/mol. The molecule has 0 amide bonds. The fourth-order valence-electron chi connectivity index (χ4n) is 3.37. The van der Waals surface area contributed by atoms with Gasteiger partial charge < -0.3 is 19.5 Å². The first-order chi connectivity index (χ1) is 16.3. The molecular weight excluding hydrogens is 410 g/mol. The predicted molar refractivity (Wildman–Crippen MR) is 133 cm³/mol. The van der Waals surface area contributed by atoms with E-state index in [2.05, 4.69) is 41.7 Å². The quantitative estimate of drug-likeness (QED) is 0.260. The molecule has 1 N–H and O–H groups in total. The van der Waals surface area contributed by atoms with Crippen LogP contribution in [-0.4, -0.2) is 19.8 Å². The normalized spacial score (nSPS) is 10.4. The van der Waals surface area contributed by atoms with Gasteiger partial charge in [0.15, 0.2) is 0 Å². The molecule has 0 spiro atoms. The summed E-state index contributed by atoms with van der Waals surface area (Å²) in [5.74, 6) is 2.56. The lowest BCUT2D eigenvalue weighted by Crippen LogP contribution is -2.09. The van der Waals surface area contributed by atoms with E-state index in [1.54, 1.807) is 0 Å². The molecule has 0 saturated heterocycles. The lowest BCUT2D eigenvalue weighted by molar-refractivity contribution is 0.217. The van der Waals surface area contributed by atoms with Crippen LogP contribution < -0.4 is 19.5 Å². The third kappa shape index (κ3) is 7.62. The van der Waals surface area contributed by atoms with Crippen LogP contribution >= 0.6 is 0 Å². The molecule has 0 fully saturated rings. The summed E-state index contributed by atoms with van der Waals surface area (Å²) in [4.78, 5) is 0. The van der Waals surface area contributed by atoms with Crippen molar-refractivity contribution in [2.45, 2.75) is 13.0 Å². The number of hydrogen-bond donors (Lipinski definition) is 1. The minimum Gasteiger partial charge on any atom is -0.493 e. The van der Waals surface area contributed by atoms with Crippen molar-refractivity contribution in [3.05, 3.63) is 120 Å². The van der Waals surface area contributed by atoms with Gasteiger partial charge in [0, 0.05) is 24.7 Å². The molecule has 0 unspecified atom stereocenters. The van der Waals surface area contributed by atoms with E-state index >= 15 is 0 Å². The van der Waals surface area contributed by atoms with Gasteiger partial charge in [-0.05, 0) is 47.5 Å². The maximum Gasteiger partial charge on any atom is 0.122 e. The second-order valence-corrected chi connectivity index (χ2v) is 7.62. The van der Waals surface area contributed by atoms with Gasteiger partial charge in [-0.25, -0.2) is 0 Å². The minimum absolute atomic E-state index is 0.504. The highest BCUT2D eigenvalue weighted by Gasteiger charge is 2.00. The van der Waals surface area contributed by atoms with Crippen molar-refractivity contribution in [3.63, 3.8) is 0 Å². The first-order valence-corrected chi connectivity index (χ1v) is 11.3. The zero-order valence-corrected chi connectivity index (χ0v) is 18.7. The fraction of sp³-hybridized carbons (Fsp3) is 0.172. The van der Waals surface area contributed by atoms with Gasteiger partial charge in [-0.2, -0.15) is 0 Å². The maximum absolute atomic E-state index is 5.93. The summed E-state index contributed by atoms with van der Waals surface area (Å²) in [7, 11) is 0. The van der Waals surface area contributed by atoms with Crippen molar-refractivity contribution >= 4 is 5.69 Å². The van der Waals surface area contributed by atoms with Crippen LogP contribution in [0.3, 0.4) is 0 Å². The Balaban J connectivity index is 1.17. The number of rotatable bonds is 12. The molecule has 0 aliphatic rings. The molecule has 0 aromatic heterocycles. The Labute approximate surface area is 195 Å². The van der Waals surface area contributed by atoms with E-state index in [4.69, 9.17) is 14.2 Å². The zero-order valence-electron chi connectivity index (χ0n) is 18.7. The molecule has 4 aromatic carbocycles. The highest BCUT2D eigenvalue weighted by molar-refractivity contribution is 5.48. The molecule has 0 aliphatic heterocycles. The van der Waals surface area contributed by atoms with Gasteiger partial charge in [-0.1, -0.05) is 66.7 Å². The summed E-state index contributed by atoms with van der Waals surface area (Å²) in [5.41, 5.74) is 3.49. The van der Waals surface area contributed by atoms with Crippen LogP contribution in [0.1, 0.15) is 11.1 Å². The lowest BCUT2D eigenvalue weighted by Gasteiger charge is -2.11. The number of nitrogens with one attached hydrogen (secondary N) is 1. The Kier molecular flexibility index (Phi) is 8.24. The molecule has 0 bridgehead atoms. The molecule has 4 aromatic rings. The van der Waals surface area contributed by atoms with Crippen LogP contribution in [0, 0.1) is 0 Å². The van der Waals surface area contributed by atoms with Crippen molar-refractivity contribution < 1.29 is 14.2 Å². The summed E-state index contributed by atoms with van der Waals surface area (Å²) in [6.45, 7) is 2.40. The third-order valence-corrected chi connectivity index (χ3v) is 5.12. The average Bonchev–Trinajstić information content (AvgIpc) is 2.88. The molecule has 0 saturated carbocycles. The highest BCUT2D eigenvalue weighted by atomic mass is 16.5. The predicted octanol–water partition coefficient (Wildman–Crippen LogP) is 6.38. The molecule has 168 valence electrons. The van der Waals surface area contributed by atoms with E-state index in [0.29, 0.717) is 19.8 Å². The standard InChI is InChI=1S/C29H29NO3/c1-3-8-24(9-4-1)18-19-31-29-13-7-10-26(22-29)30-23-25-14-16-28(17-15-25)33-21-20-32-27-11-5-2-6-12-27/h1-17,22,30H,18-21,23H2. The monoisotopic (exact) mass is 439 g/mol. The number of benzene rings is 4. The van der Waals surface area contributed by atoms with E-state index in [0.717, 1.165) is 35.9 Å². The molecule has 0 aliphatic carbocycles. The first kappa shape index (κ1) is 22.3. The van der Waals surface area contributed by atoms with Crippen molar-refractivity contribution in [2.75, 3.05) is 25.1 Å². The Morgan fingerprint density at radius 3 is 1.82 bits per heavy atom. The van der Waals surface area contributed by atoms with E-state index in [1.165, 1.54) is 11.1 Å². The van der Waals surface area contributed by atoms with Crippen LogP contribution in [-0.2, 0) is 13.0 Å². The molecule has 4 rings (SSSR count). The van der Waals surface area contributed by atoms with E-state index in [-0.39, 0.29) is 0 Å². The van der Waals surface area contributed by atoms with E-state index < -0.39 is 0 Å². The van der Waals surface area contributed by atoms with Gasteiger partial charge in [0.2, 0.25) is 0 Å². The van der Waals surface area contributed by atoms with E-state index in [1.807, 2.05) is 72.8 Å². The van der Waals surface area contributed by atoms with Crippen LogP contribution in [0.15, 0.2) is 109 Å². The van der Waals surface area contributed by atoms with Crippen molar-refractivity contribution in [1.29, 1.82) is 0 Å². The Morgan fingerprint density at radius 2 is 1.09 bits per heavy atom. The summed E-state index contributed by atoms with van der Waals surface area (Å²) < 4.78 is 17.3. The van der Waals surface area contributed by atoms with Crippen LogP contribution in [0.25, 0.3) is 0 Å². The zero-order chi connectivity index (χ0) is 22.6. The maximum atomic E-state index is 5.93. The number of ether oxygens (including phenoxy) is 3. The number of hydrogen-bond acceptors (Lipinski definition) is 4. The summed E-state index contributed by atoms with van der Waals surface area (Å²) in [6.07, 6.45) is 0.894. The van der Waals surface area contributed by atoms with Gasteiger partial charge in [0.05, 0.1) is 6.61 Å². The summed E-state index contributed by atoms with van der Waals surface area (Å²) >= 11 is 0. The van der Waals surface area contributed by atoms with E-state index in [9.17, 15) is 0 Å². The molecule has 0 heterocycles. The van der Waals surface area contributed by atoms with Crippen molar-refractivity contribution in [2.24, 2.45) is 0 Å². The molecule has 33 heavy (non-hydrogen) atoms. The Morgan fingerprint density at radius 1 is 0.485 bits per heavy atom. The van der Waals surface area contributed by atoms with Crippen molar-refractivity contribution in [1.82, 2.24) is 0 Å². The van der Waals surface area contributed by atoms with Crippen molar-refractivity contribution in [3.8, 4) is 17.2 Å². The molecule has 4 heteroatoms. The first-order valence-electron chi connectivity index (χ1n) is 11.3. The SMILES string of the molecule is c1ccc(CCOc2cccc(NCc3ccc(OCCOc4ccccc4)cc3)c2)cc1. The number of para-hydroxylation sites is 1. The summed E-state index contributed by atoms with van der Waals surface area (Å²) in [5, 5.41) is 3.46. The smallest absolute Gasteiger partial charge is 0.122 e. The number of anilines is 1. The van der Waals surface area contributed by atoms with Gasteiger partial charge in [0.25, 0.3) is 0 Å². The van der Waals surface area contributed by atoms with Gasteiger partial charge in [0.1, 0.15) is 30.5 Å². The molecule has 4 nitrogen and oxygen atoms in total. The molecular formula is C29H29NO3. The third-order valence-electron chi connectivity index (χ3n) is 5.12. The van der Waals surface area contributed by atoms with Gasteiger partial charge in [-0.15, -0.1) is 0 Å². The Bertz CT molecular complexity index is 1080. The molecule has 0 radical (unpaired) electrons. The Hall–Kier alpha value is -3.92. The highest BCUT2D eigenvalue weighted by Crippen LogP contribution is 2.19. The summed E-state index contributed by atoms with van der Waals surface area (Å²) in [6, 6.07) is 36.3. The largest absolute Gasteiger partial charge is 0.493 e. The minimum atomic E-state index is 0.504. The van der Waals surface area contributed by atoms with Crippen LogP contribution in [0.4, 0.5) is 5.69 Å². The fourth-order valence-corrected chi connectivity index (χ4v) is 3.37. The van der Waals surface area contributed by atoms with Gasteiger partial charge >= 0.3 is 0 Å². The van der Waals surface area contributed by atoms with Gasteiger partial charge in [-0.3, -0.25) is 0 Å². The topological polar surface area (TPSA) is 39.7 Å². The second kappa shape index (κ2) is 12.2. The molecule has 0 atom stereocenters. The van der Waals surface area contributed by atoms with Crippen LogP contribution in [0.5, 0.6) is 17.2 Å². The second-order valence-electron chi connectivity index (χ2n) is 7.62. The lowest BCUT2D eigenvalue weighted by atomic mass is 10.2. The van der Waals surface area contributed by atoms with Crippen LogP contribution in [0.2, 0.25) is 0 Å².